The van der Waals surface area contributed by atoms with Gasteiger partial charge in [-0.3, -0.25) is 4.90 Å². The molecule has 0 aromatic heterocycles. The Bertz CT molecular complexity index is 368. The predicted octanol–water partition coefficient (Wildman–Crippen LogP) is 3.52. The van der Waals surface area contributed by atoms with Crippen molar-refractivity contribution in [3.63, 3.8) is 0 Å². The topological polar surface area (TPSA) is 3.24 Å². The van der Waals surface area contributed by atoms with Crippen LogP contribution in [-0.2, 0) is 12.8 Å². The molecule has 1 aliphatic heterocycles. The van der Waals surface area contributed by atoms with Crippen LogP contribution in [-0.4, -0.2) is 23.5 Å². The summed E-state index contributed by atoms with van der Waals surface area (Å²) in [7, 11) is 0. The van der Waals surface area contributed by atoms with E-state index in [1.165, 1.54) is 19.4 Å². The summed E-state index contributed by atoms with van der Waals surface area (Å²) in [6.45, 7) is 10.6. The van der Waals surface area contributed by atoms with Crippen molar-refractivity contribution in [3.8, 4) is 0 Å². The van der Waals surface area contributed by atoms with Gasteiger partial charge in [0.05, 0.1) is 0 Å². The van der Waals surface area contributed by atoms with Gasteiger partial charge in [-0.1, -0.05) is 38.1 Å². The molecular weight excluding hydrogens is 206 g/mol. The SMILES string of the molecule is CC(C)C1Cc2ccccc2CCN1C(C)C. The molecule has 1 aromatic carbocycles. The van der Waals surface area contributed by atoms with Gasteiger partial charge in [0.2, 0.25) is 0 Å². The zero-order chi connectivity index (χ0) is 12.4. The third kappa shape index (κ3) is 2.71. The number of fused-ring (bicyclic) bond motifs is 1. The van der Waals surface area contributed by atoms with Gasteiger partial charge in [0.15, 0.2) is 0 Å². The van der Waals surface area contributed by atoms with Crippen molar-refractivity contribution < 1.29 is 0 Å². The average molecular weight is 231 g/mol. The summed E-state index contributed by atoms with van der Waals surface area (Å²) in [5.41, 5.74) is 3.12. The first-order valence-electron chi connectivity index (χ1n) is 6.92. The molecule has 1 aliphatic rings. The molecule has 94 valence electrons. The molecule has 0 N–H and O–H groups in total. The maximum absolute atomic E-state index is 2.69. The molecule has 1 heterocycles. The highest BCUT2D eigenvalue weighted by atomic mass is 15.2. The van der Waals surface area contributed by atoms with Gasteiger partial charge < -0.3 is 0 Å². The fraction of sp³-hybridized carbons (Fsp3) is 0.625. The summed E-state index contributed by atoms with van der Waals surface area (Å²) in [5, 5.41) is 0. The number of rotatable bonds is 2. The van der Waals surface area contributed by atoms with Crippen LogP contribution in [0.25, 0.3) is 0 Å². The Hall–Kier alpha value is -0.820. The molecule has 0 spiro atoms. The number of hydrogen-bond donors (Lipinski definition) is 0. The van der Waals surface area contributed by atoms with E-state index in [0.29, 0.717) is 12.1 Å². The first-order valence-corrected chi connectivity index (χ1v) is 6.92. The Morgan fingerprint density at radius 1 is 1.06 bits per heavy atom. The van der Waals surface area contributed by atoms with E-state index in [2.05, 4.69) is 56.9 Å². The molecule has 0 saturated carbocycles. The maximum atomic E-state index is 2.69. The minimum atomic E-state index is 0.650. The van der Waals surface area contributed by atoms with Crippen molar-refractivity contribution in [3.05, 3.63) is 35.4 Å². The fourth-order valence-corrected chi connectivity index (χ4v) is 3.02. The highest BCUT2D eigenvalue weighted by Crippen LogP contribution is 2.25. The van der Waals surface area contributed by atoms with E-state index in [1.54, 1.807) is 11.1 Å². The summed E-state index contributed by atoms with van der Waals surface area (Å²) in [5.74, 6) is 0.726. The monoisotopic (exact) mass is 231 g/mol. The normalized spacial score (nSPS) is 21.6. The van der Waals surface area contributed by atoms with E-state index >= 15 is 0 Å². The molecule has 1 nitrogen and oxygen atoms in total. The van der Waals surface area contributed by atoms with Crippen LogP contribution in [0.1, 0.15) is 38.8 Å². The van der Waals surface area contributed by atoms with Crippen molar-refractivity contribution in [2.45, 2.75) is 52.6 Å². The lowest BCUT2D eigenvalue weighted by Crippen LogP contribution is -2.44. The van der Waals surface area contributed by atoms with Crippen LogP contribution in [0.5, 0.6) is 0 Å². The number of nitrogens with zero attached hydrogens (tertiary/aromatic N) is 1. The van der Waals surface area contributed by atoms with E-state index in [4.69, 9.17) is 0 Å². The van der Waals surface area contributed by atoms with Crippen molar-refractivity contribution in [1.29, 1.82) is 0 Å². The number of benzene rings is 1. The van der Waals surface area contributed by atoms with Gasteiger partial charge in [-0.25, -0.2) is 0 Å². The molecule has 0 fully saturated rings. The summed E-state index contributed by atoms with van der Waals surface area (Å²) < 4.78 is 0. The van der Waals surface area contributed by atoms with Gasteiger partial charge in [-0.15, -0.1) is 0 Å². The van der Waals surface area contributed by atoms with Gasteiger partial charge in [-0.2, -0.15) is 0 Å². The third-order valence-electron chi connectivity index (χ3n) is 4.05. The van der Waals surface area contributed by atoms with Gasteiger partial charge in [-0.05, 0) is 43.7 Å². The summed E-state index contributed by atoms with van der Waals surface area (Å²) in [4.78, 5) is 2.69. The molecule has 1 unspecified atom stereocenters. The zero-order valence-electron chi connectivity index (χ0n) is 11.6. The maximum Gasteiger partial charge on any atom is 0.0162 e. The standard InChI is InChI=1S/C16H25N/c1-12(2)16-11-15-8-6-5-7-14(15)9-10-17(16)13(3)4/h5-8,12-13,16H,9-11H2,1-4H3. The molecule has 1 atom stereocenters. The first kappa shape index (κ1) is 12.6. The van der Waals surface area contributed by atoms with Crippen LogP contribution in [0.3, 0.4) is 0 Å². The molecule has 2 rings (SSSR count). The van der Waals surface area contributed by atoms with Crippen LogP contribution in [0.2, 0.25) is 0 Å². The van der Waals surface area contributed by atoms with E-state index in [-0.39, 0.29) is 0 Å². The fourth-order valence-electron chi connectivity index (χ4n) is 3.02. The Morgan fingerprint density at radius 2 is 1.71 bits per heavy atom. The number of hydrogen-bond acceptors (Lipinski definition) is 1. The molecule has 17 heavy (non-hydrogen) atoms. The van der Waals surface area contributed by atoms with Gasteiger partial charge in [0, 0.05) is 18.6 Å². The molecule has 0 aliphatic carbocycles. The van der Waals surface area contributed by atoms with Crippen molar-refractivity contribution in [1.82, 2.24) is 4.90 Å². The van der Waals surface area contributed by atoms with Gasteiger partial charge >= 0.3 is 0 Å². The van der Waals surface area contributed by atoms with Crippen LogP contribution in [0, 0.1) is 5.92 Å². The molecule has 1 aromatic rings. The Labute approximate surface area is 106 Å². The summed E-state index contributed by atoms with van der Waals surface area (Å²) in [6.07, 6.45) is 2.42. The Kier molecular flexibility index (Phi) is 3.88. The summed E-state index contributed by atoms with van der Waals surface area (Å²) >= 11 is 0. The lowest BCUT2D eigenvalue weighted by atomic mass is 9.93. The van der Waals surface area contributed by atoms with Gasteiger partial charge in [0.25, 0.3) is 0 Å². The first-order chi connectivity index (χ1) is 8.09. The van der Waals surface area contributed by atoms with E-state index in [1.807, 2.05) is 0 Å². The lowest BCUT2D eigenvalue weighted by Gasteiger charge is -2.36. The second-order valence-corrected chi connectivity index (χ2v) is 5.87. The highest BCUT2D eigenvalue weighted by molar-refractivity contribution is 5.29. The molecule has 0 amide bonds. The minimum Gasteiger partial charge on any atom is -0.297 e. The van der Waals surface area contributed by atoms with Crippen molar-refractivity contribution in [2.75, 3.05) is 6.54 Å². The van der Waals surface area contributed by atoms with E-state index in [0.717, 1.165) is 5.92 Å². The van der Waals surface area contributed by atoms with Crippen LogP contribution in [0.15, 0.2) is 24.3 Å². The van der Waals surface area contributed by atoms with Crippen LogP contribution >= 0.6 is 0 Å². The second kappa shape index (κ2) is 5.22. The quantitative estimate of drug-likeness (QED) is 0.753. The molecule has 0 saturated heterocycles. The van der Waals surface area contributed by atoms with E-state index < -0.39 is 0 Å². The Balaban J connectivity index is 2.29. The largest absolute Gasteiger partial charge is 0.297 e. The van der Waals surface area contributed by atoms with Crippen LogP contribution in [0.4, 0.5) is 0 Å². The molecule has 0 radical (unpaired) electrons. The highest BCUT2D eigenvalue weighted by Gasteiger charge is 2.27. The molecular formula is C16H25N. The van der Waals surface area contributed by atoms with E-state index in [9.17, 15) is 0 Å². The predicted molar refractivity (Wildman–Crippen MR) is 74.3 cm³/mol. The Morgan fingerprint density at radius 3 is 2.29 bits per heavy atom. The third-order valence-corrected chi connectivity index (χ3v) is 4.05. The minimum absolute atomic E-state index is 0.650. The smallest absolute Gasteiger partial charge is 0.0162 e. The zero-order valence-corrected chi connectivity index (χ0v) is 11.6. The summed E-state index contributed by atoms with van der Waals surface area (Å²) in [6, 6.07) is 10.3. The van der Waals surface area contributed by atoms with Gasteiger partial charge in [0.1, 0.15) is 0 Å². The lowest BCUT2D eigenvalue weighted by molar-refractivity contribution is 0.123. The molecule has 0 bridgehead atoms. The van der Waals surface area contributed by atoms with Crippen LogP contribution < -0.4 is 0 Å². The van der Waals surface area contributed by atoms with Crippen molar-refractivity contribution >= 4 is 0 Å². The second-order valence-electron chi connectivity index (χ2n) is 5.87. The average Bonchev–Trinajstić information content (AvgIpc) is 2.47. The van der Waals surface area contributed by atoms with Crippen molar-refractivity contribution in [2.24, 2.45) is 5.92 Å². The molecule has 1 heteroatoms.